The van der Waals surface area contributed by atoms with E-state index in [0.29, 0.717) is 41.7 Å². The number of nitrogens with two attached hydrogens (primary N) is 1. The smallest absolute Gasteiger partial charge is 0.262 e. The number of carbonyl (C=O) groups excluding carboxylic acids is 4. The Morgan fingerprint density at radius 2 is 1.81 bits per heavy atom. The van der Waals surface area contributed by atoms with E-state index < -0.39 is 29.7 Å². The van der Waals surface area contributed by atoms with Crippen molar-refractivity contribution >= 4 is 35.0 Å². The molecule has 1 fully saturated rings. The zero-order valence-electron chi connectivity index (χ0n) is 17.0. The van der Waals surface area contributed by atoms with Gasteiger partial charge in [-0.05, 0) is 18.1 Å². The van der Waals surface area contributed by atoms with E-state index in [9.17, 15) is 19.2 Å². The normalized spacial score (nSPS) is 19.6. The molecular weight excluding hydrogens is 416 g/mol. The molecule has 3 heterocycles. The van der Waals surface area contributed by atoms with Crippen LogP contribution in [0.15, 0.2) is 30.3 Å². The zero-order chi connectivity index (χ0) is 22.4. The van der Waals surface area contributed by atoms with Gasteiger partial charge < -0.3 is 20.5 Å². The van der Waals surface area contributed by atoms with Gasteiger partial charge in [0.05, 0.1) is 22.5 Å². The van der Waals surface area contributed by atoms with Gasteiger partial charge in [-0.2, -0.15) is 0 Å². The molecule has 0 saturated carbocycles. The monoisotopic (exact) mass is 436 g/mol. The summed E-state index contributed by atoms with van der Waals surface area (Å²) in [5.41, 5.74) is 8.23. The maximum Gasteiger partial charge on any atom is 0.262 e. The van der Waals surface area contributed by atoms with E-state index in [2.05, 4.69) is 10.6 Å². The van der Waals surface area contributed by atoms with Crippen molar-refractivity contribution < 1.29 is 28.7 Å². The van der Waals surface area contributed by atoms with Gasteiger partial charge in [0.15, 0.2) is 11.5 Å². The minimum Gasteiger partial charge on any atom is -0.486 e. The molecule has 164 valence electrons. The standard InChI is InChI=1S/C22H20N4O6/c23-13-8-16-17(32-7-6-31-16)9-14(13)24-10-11-2-1-3-12-19(11)22(30)26(21(12)29)15-4-5-18(27)25-20(15)28/h1-3,8-9,15,24H,4-7,10,23H2,(H,25,27,28). The third-order valence-electron chi connectivity index (χ3n) is 5.74. The molecule has 1 unspecified atom stereocenters. The number of nitrogens with one attached hydrogen (secondary N) is 2. The van der Waals surface area contributed by atoms with Crippen molar-refractivity contribution in [3.05, 3.63) is 47.0 Å². The molecule has 5 rings (SSSR count). The first-order valence-electron chi connectivity index (χ1n) is 10.2. The fourth-order valence-electron chi connectivity index (χ4n) is 4.18. The summed E-state index contributed by atoms with van der Waals surface area (Å²) in [6.07, 6.45) is 0.180. The third kappa shape index (κ3) is 3.20. The molecule has 10 heteroatoms. The van der Waals surface area contributed by atoms with Gasteiger partial charge in [-0.1, -0.05) is 12.1 Å². The highest BCUT2D eigenvalue weighted by atomic mass is 16.6. The summed E-state index contributed by atoms with van der Waals surface area (Å²) in [7, 11) is 0. The molecule has 10 nitrogen and oxygen atoms in total. The molecule has 4 amide bonds. The summed E-state index contributed by atoms with van der Waals surface area (Å²) in [5, 5.41) is 5.38. The van der Waals surface area contributed by atoms with E-state index in [-0.39, 0.29) is 30.5 Å². The molecule has 3 aliphatic heterocycles. The Labute approximate surface area is 182 Å². The lowest BCUT2D eigenvalue weighted by atomic mass is 10.0. The number of carbonyl (C=O) groups is 4. The van der Waals surface area contributed by atoms with Crippen LogP contribution in [-0.2, 0) is 16.1 Å². The van der Waals surface area contributed by atoms with Crippen LogP contribution in [0.1, 0.15) is 39.1 Å². The van der Waals surface area contributed by atoms with E-state index in [0.717, 1.165) is 4.90 Å². The first-order valence-corrected chi connectivity index (χ1v) is 10.2. The lowest BCUT2D eigenvalue weighted by molar-refractivity contribution is -0.136. The van der Waals surface area contributed by atoms with Gasteiger partial charge in [0, 0.05) is 25.1 Å². The SMILES string of the molecule is Nc1cc2c(cc1NCc1cccc3c1C(=O)N(C1CCC(=O)NC1=O)C3=O)OCCO2. The molecule has 1 saturated heterocycles. The van der Waals surface area contributed by atoms with Crippen molar-refractivity contribution in [3.8, 4) is 11.5 Å². The van der Waals surface area contributed by atoms with Crippen LogP contribution >= 0.6 is 0 Å². The number of imide groups is 2. The molecular formula is C22H20N4O6. The number of piperidine rings is 1. The van der Waals surface area contributed by atoms with Crippen molar-refractivity contribution in [2.75, 3.05) is 24.3 Å². The second kappa shape index (κ2) is 7.56. The Kier molecular flexibility index (Phi) is 4.69. The quantitative estimate of drug-likeness (QED) is 0.477. The van der Waals surface area contributed by atoms with Gasteiger partial charge >= 0.3 is 0 Å². The Balaban J connectivity index is 1.40. The predicted molar refractivity (Wildman–Crippen MR) is 112 cm³/mol. The van der Waals surface area contributed by atoms with Gasteiger partial charge in [0.1, 0.15) is 19.3 Å². The molecule has 4 N–H and O–H groups in total. The number of hydrogen-bond acceptors (Lipinski definition) is 8. The Morgan fingerprint density at radius 1 is 1.06 bits per heavy atom. The van der Waals surface area contributed by atoms with Gasteiger partial charge in [0.2, 0.25) is 11.8 Å². The lowest BCUT2D eigenvalue weighted by Crippen LogP contribution is -2.54. The maximum absolute atomic E-state index is 13.2. The number of fused-ring (bicyclic) bond motifs is 2. The van der Waals surface area contributed by atoms with E-state index in [1.807, 2.05) is 0 Å². The number of hydrogen-bond donors (Lipinski definition) is 3. The minimum atomic E-state index is -1.01. The minimum absolute atomic E-state index is 0.0710. The Bertz CT molecular complexity index is 1180. The summed E-state index contributed by atoms with van der Waals surface area (Å²) >= 11 is 0. The maximum atomic E-state index is 13.2. The van der Waals surface area contributed by atoms with Crippen LogP contribution in [0.3, 0.4) is 0 Å². The Hall–Kier alpha value is -4.08. The summed E-state index contributed by atoms with van der Waals surface area (Å²) in [4.78, 5) is 50.8. The summed E-state index contributed by atoms with van der Waals surface area (Å²) in [6, 6.07) is 7.38. The molecule has 3 aliphatic rings. The van der Waals surface area contributed by atoms with Gasteiger partial charge in [-0.25, -0.2) is 0 Å². The Morgan fingerprint density at radius 3 is 2.56 bits per heavy atom. The van der Waals surface area contributed by atoms with Crippen LogP contribution in [-0.4, -0.2) is 47.8 Å². The molecule has 0 aromatic heterocycles. The van der Waals surface area contributed by atoms with Crippen LogP contribution in [0, 0.1) is 0 Å². The van der Waals surface area contributed by atoms with Crippen molar-refractivity contribution in [1.29, 1.82) is 0 Å². The van der Waals surface area contributed by atoms with Crippen LogP contribution in [0.25, 0.3) is 0 Å². The number of ether oxygens (including phenoxy) is 2. The average Bonchev–Trinajstić information content (AvgIpc) is 3.03. The molecule has 2 aromatic carbocycles. The van der Waals surface area contributed by atoms with Crippen LogP contribution < -0.4 is 25.8 Å². The highest BCUT2D eigenvalue weighted by Crippen LogP contribution is 2.37. The average molecular weight is 436 g/mol. The van der Waals surface area contributed by atoms with Gasteiger partial charge in [0.25, 0.3) is 11.8 Å². The lowest BCUT2D eigenvalue weighted by Gasteiger charge is -2.27. The molecule has 0 aliphatic carbocycles. The van der Waals surface area contributed by atoms with E-state index in [4.69, 9.17) is 15.2 Å². The summed E-state index contributed by atoms with van der Waals surface area (Å²) in [5.74, 6) is -1.00. The molecule has 32 heavy (non-hydrogen) atoms. The second-order valence-electron chi connectivity index (χ2n) is 7.72. The molecule has 1 atom stereocenters. The highest BCUT2D eigenvalue weighted by molar-refractivity contribution is 6.24. The van der Waals surface area contributed by atoms with E-state index in [1.54, 1.807) is 30.3 Å². The number of rotatable bonds is 4. The van der Waals surface area contributed by atoms with Crippen molar-refractivity contribution in [3.63, 3.8) is 0 Å². The third-order valence-corrected chi connectivity index (χ3v) is 5.74. The molecule has 0 radical (unpaired) electrons. The number of benzene rings is 2. The topological polar surface area (TPSA) is 140 Å². The van der Waals surface area contributed by atoms with E-state index >= 15 is 0 Å². The number of amides is 4. The highest BCUT2D eigenvalue weighted by Gasteiger charge is 2.45. The number of nitrogens with zero attached hydrogens (tertiary/aromatic N) is 1. The fourth-order valence-corrected chi connectivity index (χ4v) is 4.18. The van der Waals surface area contributed by atoms with Crippen LogP contribution in [0.2, 0.25) is 0 Å². The van der Waals surface area contributed by atoms with Gasteiger partial charge in [-0.3, -0.25) is 29.4 Å². The molecule has 2 aromatic rings. The number of nitrogen functional groups attached to an aromatic ring is 1. The molecule has 0 spiro atoms. The van der Waals surface area contributed by atoms with Crippen molar-refractivity contribution in [2.24, 2.45) is 0 Å². The zero-order valence-corrected chi connectivity index (χ0v) is 17.0. The first kappa shape index (κ1) is 19.9. The molecule has 0 bridgehead atoms. The van der Waals surface area contributed by atoms with Crippen LogP contribution in [0.5, 0.6) is 11.5 Å². The van der Waals surface area contributed by atoms with Gasteiger partial charge in [-0.15, -0.1) is 0 Å². The second-order valence-corrected chi connectivity index (χ2v) is 7.72. The summed E-state index contributed by atoms with van der Waals surface area (Å²) < 4.78 is 11.1. The predicted octanol–water partition coefficient (Wildman–Crippen LogP) is 1.05. The number of anilines is 2. The first-order chi connectivity index (χ1) is 15.4. The van der Waals surface area contributed by atoms with E-state index in [1.165, 1.54) is 0 Å². The van der Waals surface area contributed by atoms with Crippen LogP contribution in [0.4, 0.5) is 11.4 Å². The fraction of sp³-hybridized carbons (Fsp3) is 0.273. The van der Waals surface area contributed by atoms with Crippen molar-refractivity contribution in [1.82, 2.24) is 10.2 Å². The van der Waals surface area contributed by atoms with Crippen molar-refractivity contribution in [2.45, 2.75) is 25.4 Å². The summed E-state index contributed by atoms with van der Waals surface area (Å²) in [6.45, 7) is 1.11. The largest absolute Gasteiger partial charge is 0.486 e.